The summed E-state index contributed by atoms with van der Waals surface area (Å²) in [4.78, 5) is 83.2. The van der Waals surface area contributed by atoms with Crippen LogP contribution in [0.3, 0.4) is 0 Å². The number of aromatic nitrogens is 16. The SMILES string of the molecule is COc1ccc(-c2nn(C3CCCC3)c3ncnc(N)c23)cc1NC(=O)OCc1ccccc1.Nc1ncnc2c1c(-c1ccc(NC(=O)OCc3ccccc3)c(C(F)(F)F)c1)nn2C1CCCC1.Nc1ncnc2c1c(-c1ccc(NC(=O)OCc3ccccc3)c(F)c1)nn2C1CCCC1.Nc1ncnc2c1c(-c1ccc(NC(=O)OCc3ccccc3)cc1)nn2C1CCCC1. The van der Waals surface area contributed by atoms with Crippen LogP contribution in [0.1, 0.15) is 155 Å². The molecule has 0 unspecified atom stereocenters. The van der Waals surface area contributed by atoms with Gasteiger partial charge in [-0.05, 0) is 128 Å². The van der Waals surface area contributed by atoms with E-state index in [4.69, 9.17) is 61.9 Å². The minimum atomic E-state index is -4.75. The number of hydrogen-bond donors (Lipinski definition) is 8. The molecular formula is C98H96F4N24O9. The number of nitrogens with two attached hydrogens (primary N) is 4. The molecule has 4 saturated carbocycles. The van der Waals surface area contributed by atoms with E-state index in [-0.39, 0.29) is 67.3 Å². The normalized spacial score (nSPS) is 14.0. The van der Waals surface area contributed by atoms with Crippen LogP contribution in [-0.4, -0.2) is 110 Å². The molecule has 4 aliphatic rings. The molecule has 33 nitrogen and oxygen atoms in total. The lowest BCUT2D eigenvalue weighted by Crippen LogP contribution is -2.17. The second-order valence-corrected chi connectivity index (χ2v) is 32.9. The first-order valence-corrected chi connectivity index (χ1v) is 44.4. The molecule has 20 rings (SSSR count). The van der Waals surface area contributed by atoms with Crippen molar-refractivity contribution >= 4 is 115 Å². The van der Waals surface area contributed by atoms with Crippen LogP contribution in [0.5, 0.6) is 5.75 Å². The minimum absolute atomic E-state index is 0.0144. The maximum Gasteiger partial charge on any atom is 0.418 e. The van der Waals surface area contributed by atoms with Gasteiger partial charge in [-0.1, -0.05) is 197 Å². The number of amides is 4. The molecule has 8 heterocycles. The number of nitrogens with zero attached hydrogens (tertiary/aromatic N) is 16. The Morgan fingerprint density at radius 2 is 0.637 bits per heavy atom. The van der Waals surface area contributed by atoms with E-state index in [0.29, 0.717) is 90.6 Å². The van der Waals surface area contributed by atoms with Crippen molar-refractivity contribution in [1.82, 2.24) is 79.0 Å². The number of alkyl halides is 3. The Bertz CT molecular complexity index is 6890. The van der Waals surface area contributed by atoms with Gasteiger partial charge >= 0.3 is 30.5 Å². The van der Waals surface area contributed by atoms with E-state index >= 15 is 0 Å². The summed E-state index contributed by atoms with van der Waals surface area (Å²) in [5.74, 6) is 1.12. The van der Waals surface area contributed by atoms with E-state index in [1.54, 1.807) is 60.3 Å². The number of nitrogens with one attached hydrogen (secondary N) is 4. The number of benzene rings is 8. The van der Waals surface area contributed by atoms with Crippen LogP contribution in [0.4, 0.5) is 82.8 Å². The van der Waals surface area contributed by atoms with Crippen molar-refractivity contribution in [2.75, 3.05) is 51.3 Å². The highest BCUT2D eigenvalue weighted by molar-refractivity contribution is 6.03. The first-order valence-electron chi connectivity index (χ1n) is 44.4. The smallest absolute Gasteiger partial charge is 0.418 e. The first kappa shape index (κ1) is 90.7. The van der Waals surface area contributed by atoms with Crippen molar-refractivity contribution in [2.24, 2.45) is 0 Å². The highest BCUT2D eigenvalue weighted by Crippen LogP contribution is 2.45. The lowest BCUT2D eigenvalue weighted by atomic mass is 10.0. The van der Waals surface area contributed by atoms with Crippen molar-refractivity contribution in [3.8, 4) is 50.8 Å². The quantitative estimate of drug-likeness (QED) is 0.0245. The maximum absolute atomic E-state index is 14.9. The van der Waals surface area contributed by atoms with Gasteiger partial charge in [0, 0.05) is 27.9 Å². The standard InChI is InChI=1S/C25H23F3N6O2.C25H26N6O3.C24H23FN6O2.C24H24N6O2/c26-25(27,28)18-12-16(10-11-19(18)32-24(35)36-13-15-6-2-1-3-7-15)21-20-22(29)30-14-31-23(20)34(33-21)17-8-4-5-9-17;1-33-20-12-11-17(13-19(20)29-25(32)34-14-16-7-3-2-4-8-16)22-21-23(26)27-15-28-24(21)31(30-22)18-9-5-6-10-18;25-18-12-16(10-11-19(18)29-24(32)33-13-15-6-2-1-3-7-15)21-20-22(26)27-14-28-23(20)31(30-21)17-8-4-5-9-17;25-22-20-21(29-30(19-8-4-5-9-19)23(20)27-15-26-22)17-10-12-18(13-11-17)28-24(31)32-14-16-6-2-1-3-7-16/h1-3,6-7,10-12,14,17H,4-5,8-9,13H2,(H,32,35)(H2,29,30,31);2-4,7-8,11-13,15,18H,5-6,9-10,14H2,1H3,(H,29,32)(H2,26,27,28);1-3,6-7,10-12,14,17H,4-5,8-9,13H2,(H,29,32)(H2,26,27,28);1-3,6-7,10-13,15,19H,4-5,8-9,14H2,(H,28,31)(H2,25,26,27). The molecule has 37 heteroatoms. The number of nitrogen functional groups attached to an aromatic ring is 4. The van der Waals surface area contributed by atoms with E-state index in [9.17, 15) is 36.7 Å². The first-order chi connectivity index (χ1) is 65.7. The fourth-order valence-electron chi connectivity index (χ4n) is 17.4. The minimum Gasteiger partial charge on any atom is -0.495 e. The highest BCUT2D eigenvalue weighted by Gasteiger charge is 2.37. The largest absolute Gasteiger partial charge is 0.495 e. The molecule has 0 atom stereocenters. The molecule has 0 bridgehead atoms. The monoisotopic (exact) mass is 1830 g/mol. The maximum atomic E-state index is 14.9. The molecular weight excluding hydrogens is 1730 g/mol. The molecule has 8 aromatic heterocycles. The third kappa shape index (κ3) is 21.2. The van der Waals surface area contributed by atoms with Gasteiger partial charge in [0.1, 0.15) is 109 Å². The molecule has 12 N–H and O–H groups in total. The Morgan fingerprint density at radius 1 is 0.348 bits per heavy atom. The van der Waals surface area contributed by atoms with Crippen molar-refractivity contribution in [2.45, 2.75) is 160 Å². The Balaban J connectivity index is 0.000000125. The van der Waals surface area contributed by atoms with Crippen molar-refractivity contribution in [3.63, 3.8) is 0 Å². The van der Waals surface area contributed by atoms with Crippen LogP contribution >= 0.6 is 0 Å². The second kappa shape index (κ2) is 41.5. The molecule has 4 amide bonds. The van der Waals surface area contributed by atoms with Gasteiger partial charge in [0.15, 0.2) is 22.6 Å². The Labute approximate surface area is 770 Å². The van der Waals surface area contributed by atoms with E-state index in [2.05, 4.69) is 66.2 Å². The molecule has 135 heavy (non-hydrogen) atoms. The molecule has 4 aliphatic carbocycles. The van der Waals surface area contributed by atoms with Gasteiger partial charge in [0.2, 0.25) is 0 Å². The van der Waals surface area contributed by atoms with Crippen LogP contribution in [0, 0.1) is 5.82 Å². The number of hydrogen-bond acceptors (Lipinski definition) is 25. The van der Waals surface area contributed by atoms with Crippen molar-refractivity contribution < 1.29 is 60.4 Å². The summed E-state index contributed by atoms with van der Waals surface area (Å²) in [6.45, 7) is 0.403. The predicted octanol–water partition coefficient (Wildman–Crippen LogP) is 20.9. The van der Waals surface area contributed by atoms with Crippen LogP contribution in [0.2, 0.25) is 0 Å². The van der Waals surface area contributed by atoms with Crippen molar-refractivity contribution in [1.29, 1.82) is 0 Å². The number of carbonyl (C=O) groups is 4. The number of halogens is 4. The summed E-state index contributed by atoms with van der Waals surface area (Å²) < 4.78 is 90.9. The highest BCUT2D eigenvalue weighted by atomic mass is 19.4. The zero-order valence-corrected chi connectivity index (χ0v) is 73.5. The van der Waals surface area contributed by atoms with Crippen LogP contribution in [0.15, 0.2) is 225 Å². The number of anilines is 8. The summed E-state index contributed by atoms with van der Waals surface area (Å²) >= 11 is 0. The molecule has 16 aromatic rings. The number of carbonyl (C=O) groups excluding carboxylic acids is 4. The summed E-state index contributed by atoms with van der Waals surface area (Å²) in [6, 6.07) is 59.1. The molecule has 0 aliphatic heterocycles. The third-order valence-corrected chi connectivity index (χ3v) is 24.0. The molecule has 4 fully saturated rings. The summed E-state index contributed by atoms with van der Waals surface area (Å²) in [5, 5.41) is 31.8. The van der Waals surface area contributed by atoms with E-state index < -0.39 is 47.6 Å². The Hall–Kier alpha value is -16.2. The average molecular weight is 1830 g/mol. The van der Waals surface area contributed by atoms with Gasteiger partial charge in [-0.3, -0.25) is 21.3 Å². The summed E-state index contributed by atoms with van der Waals surface area (Å²) in [5.41, 5.74) is 35.0. The molecule has 690 valence electrons. The van der Waals surface area contributed by atoms with E-state index in [1.807, 2.05) is 135 Å². The number of fused-ring (bicyclic) bond motifs is 4. The van der Waals surface area contributed by atoms with Gasteiger partial charge in [0.25, 0.3) is 0 Å². The zero-order chi connectivity index (χ0) is 93.5. The fourth-order valence-corrected chi connectivity index (χ4v) is 17.4. The van der Waals surface area contributed by atoms with Crippen LogP contribution in [0.25, 0.3) is 89.2 Å². The average Bonchev–Trinajstić information content (AvgIpc) is 1.62. The van der Waals surface area contributed by atoms with E-state index in [1.165, 1.54) is 75.3 Å². The van der Waals surface area contributed by atoms with Crippen molar-refractivity contribution in [3.05, 3.63) is 259 Å². The lowest BCUT2D eigenvalue weighted by Gasteiger charge is -2.15. The van der Waals surface area contributed by atoms with Gasteiger partial charge in [-0.15, -0.1) is 0 Å². The Kier molecular flexibility index (Phi) is 27.9. The molecule has 0 saturated heterocycles. The van der Waals surface area contributed by atoms with Gasteiger partial charge in [0.05, 0.1) is 75.4 Å². The topological polar surface area (TPSA) is 441 Å². The second-order valence-electron chi connectivity index (χ2n) is 32.9. The van der Waals surface area contributed by atoms with Gasteiger partial charge in [-0.2, -0.15) is 33.6 Å². The summed E-state index contributed by atoms with van der Waals surface area (Å²) in [6.07, 6.45) is 15.4. The zero-order valence-electron chi connectivity index (χ0n) is 73.5. The number of methoxy groups -OCH3 is 1. The van der Waals surface area contributed by atoms with Gasteiger partial charge in [-0.25, -0.2) is 82.2 Å². The fraction of sp³-hybridized carbons (Fsp3) is 0.265. The molecule has 8 aromatic carbocycles. The number of rotatable bonds is 21. The van der Waals surface area contributed by atoms with Gasteiger partial charge < -0.3 is 46.6 Å². The predicted molar refractivity (Wildman–Crippen MR) is 503 cm³/mol. The van der Waals surface area contributed by atoms with Crippen LogP contribution < -0.4 is 48.9 Å². The Morgan fingerprint density at radius 3 is 0.970 bits per heavy atom. The lowest BCUT2D eigenvalue weighted by molar-refractivity contribution is -0.136. The van der Waals surface area contributed by atoms with E-state index in [0.717, 1.165) is 133 Å². The third-order valence-electron chi connectivity index (χ3n) is 24.0. The molecule has 0 radical (unpaired) electrons. The van der Waals surface area contributed by atoms with Crippen LogP contribution in [-0.2, 0) is 51.6 Å². The molecule has 0 spiro atoms. The summed E-state index contributed by atoms with van der Waals surface area (Å²) in [7, 11) is 1.55. The number of ether oxygens (including phenoxy) is 5.